The first-order valence-electron chi connectivity index (χ1n) is 9.58. The number of anilines is 2. The van der Waals surface area contributed by atoms with Crippen LogP contribution in [0.3, 0.4) is 0 Å². The van der Waals surface area contributed by atoms with Crippen LogP contribution in [-0.2, 0) is 0 Å². The Bertz CT molecular complexity index is 1250. The number of nitrogens with zero attached hydrogens (tertiary/aromatic N) is 3. The van der Waals surface area contributed by atoms with Crippen LogP contribution in [0.4, 0.5) is 24.7 Å². The molecule has 0 saturated heterocycles. The summed E-state index contributed by atoms with van der Waals surface area (Å²) in [6, 6.07) is 9.01. The van der Waals surface area contributed by atoms with Crippen molar-refractivity contribution >= 4 is 17.2 Å². The molecule has 0 radical (unpaired) electrons. The number of nitrogens with one attached hydrogen (secondary N) is 1. The Morgan fingerprint density at radius 1 is 0.909 bits per heavy atom. The molecule has 0 atom stereocenters. The van der Waals surface area contributed by atoms with Crippen molar-refractivity contribution in [3.05, 3.63) is 55.0 Å². The number of fused-ring (bicyclic) bond motifs is 1. The van der Waals surface area contributed by atoms with E-state index >= 15 is 0 Å². The zero-order valence-corrected chi connectivity index (χ0v) is 17.8. The van der Waals surface area contributed by atoms with Crippen LogP contribution in [0.15, 0.2) is 55.0 Å². The lowest BCUT2D eigenvalue weighted by Gasteiger charge is -2.15. The highest BCUT2D eigenvalue weighted by Crippen LogP contribution is 2.40. The summed E-state index contributed by atoms with van der Waals surface area (Å²) in [6.45, 7) is 0. The maximum Gasteiger partial charge on any atom is 0.573 e. The van der Waals surface area contributed by atoms with E-state index in [-0.39, 0.29) is 5.75 Å². The smallest absolute Gasteiger partial charge is 0.493 e. The average molecular weight is 460 g/mol. The lowest BCUT2D eigenvalue weighted by Crippen LogP contribution is -2.16. The Morgan fingerprint density at radius 2 is 1.58 bits per heavy atom. The van der Waals surface area contributed by atoms with Crippen molar-refractivity contribution < 1.29 is 32.1 Å². The van der Waals surface area contributed by atoms with Crippen LogP contribution in [0.5, 0.6) is 23.0 Å². The van der Waals surface area contributed by atoms with E-state index in [4.69, 9.17) is 14.2 Å². The molecular formula is C22H19F3N4O4. The Labute approximate surface area is 186 Å². The Kier molecular flexibility index (Phi) is 5.86. The number of halogens is 3. The predicted octanol–water partition coefficient (Wildman–Crippen LogP) is 5.06. The number of hydrogen-bond donors (Lipinski definition) is 1. The minimum atomic E-state index is -4.75. The number of methoxy groups -OCH3 is 3. The van der Waals surface area contributed by atoms with Gasteiger partial charge in [-0.15, -0.1) is 13.2 Å². The highest BCUT2D eigenvalue weighted by molar-refractivity contribution is 5.76. The molecule has 4 aromatic rings. The van der Waals surface area contributed by atoms with Crippen LogP contribution in [-0.4, -0.2) is 42.1 Å². The van der Waals surface area contributed by atoms with E-state index in [1.54, 1.807) is 35.1 Å². The van der Waals surface area contributed by atoms with Gasteiger partial charge < -0.3 is 24.3 Å². The summed E-state index contributed by atoms with van der Waals surface area (Å²) in [5.74, 6) is 1.55. The first-order valence-corrected chi connectivity index (χ1v) is 9.58. The third-order valence-electron chi connectivity index (χ3n) is 4.74. The van der Waals surface area contributed by atoms with Crippen molar-refractivity contribution in [1.29, 1.82) is 0 Å². The second kappa shape index (κ2) is 8.77. The zero-order valence-electron chi connectivity index (χ0n) is 17.8. The molecule has 0 unspecified atom stereocenters. The number of alkyl halides is 3. The zero-order chi connectivity index (χ0) is 23.6. The van der Waals surface area contributed by atoms with Crippen molar-refractivity contribution in [2.75, 3.05) is 26.6 Å². The molecule has 172 valence electrons. The maximum atomic E-state index is 12.4. The molecule has 0 amide bonds. The lowest BCUT2D eigenvalue weighted by atomic mass is 10.1. The minimum Gasteiger partial charge on any atom is -0.493 e. The van der Waals surface area contributed by atoms with Crippen molar-refractivity contribution in [2.45, 2.75) is 6.36 Å². The molecule has 0 aliphatic rings. The molecule has 2 heterocycles. The molecule has 0 saturated carbocycles. The molecule has 0 bridgehead atoms. The van der Waals surface area contributed by atoms with Gasteiger partial charge in [-0.3, -0.25) is 4.40 Å². The standard InChI is InChI=1S/C22H19F3N4O4/c1-30-17-10-14(11-18(31-2)19(17)32-3)28-20-21-27-12-16(29(21)9-8-26-20)13-4-6-15(7-5-13)33-22(23,24)25/h4-12H,1-3H3,(H,26,28). The molecule has 33 heavy (non-hydrogen) atoms. The van der Waals surface area contributed by atoms with Crippen molar-refractivity contribution in [3.8, 4) is 34.3 Å². The van der Waals surface area contributed by atoms with Gasteiger partial charge in [-0.05, 0) is 24.3 Å². The largest absolute Gasteiger partial charge is 0.573 e. The normalized spacial score (nSPS) is 11.3. The summed E-state index contributed by atoms with van der Waals surface area (Å²) in [7, 11) is 4.56. The van der Waals surface area contributed by atoms with Crippen LogP contribution in [0, 0.1) is 0 Å². The summed E-state index contributed by atoms with van der Waals surface area (Å²) in [5, 5.41) is 3.19. The van der Waals surface area contributed by atoms with E-state index in [0.29, 0.717) is 45.7 Å². The van der Waals surface area contributed by atoms with E-state index in [9.17, 15) is 13.2 Å². The summed E-state index contributed by atoms with van der Waals surface area (Å²) >= 11 is 0. The van der Waals surface area contributed by atoms with Gasteiger partial charge in [0.2, 0.25) is 5.75 Å². The van der Waals surface area contributed by atoms with E-state index in [2.05, 4.69) is 20.0 Å². The lowest BCUT2D eigenvalue weighted by molar-refractivity contribution is -0.274. The predicted molar refractivity (Wildman–Crippen MR) is 114 cm³/mol. The van der Waals surface area contributed by atoms with Gasteiger partial charge in [-0.2, -0.15) is 0 Å². The molecule has 8 nitrogen and oxygen atoms in total. The highest BCUT2D eigenvalue weighted by Gasteiger charge is 2.31. The van der Waals surface area contributed by atoms with Crippen LogP contribution in [0.25, 0.3) is 16.9 Å². The number of aromatic nitrogens is 3. The summed E-state index contributed by atoms with van der Waals surface area (Å²) < 4.78 is 59.0. The number of benzene rings is 2. The topological polar surface area (TPSA) is 79.1 Å². The van der Waals surface area contributed by atoms with Crippen LogP contribution >= 0.6 is 0 Å². The number of ether oxygens (including phenoxy) is 4. The number of hydrogen-bond acceptors (Lipinski definition) is 7. The van der Waals surface area contributed by atoms with E-state index in [1.165, 1.54) is 45.6 Å². The van der Waals surface area contributed by atoms with Gasteiger partial charge in [0.15, 0.2) is 23.0 Å². The number of imidazole rings is 1. The summed E-state index contributed by atoms with van der Waals surface area (Å²) in [4.78, 5) is 8.80. The molecule has 2 aromatic heterocycles. The first-order chi connectivity index (χ1) is 15.8. The molecule has 0 fully saturated rings. The molecule has 0 spiro atoms. The summed E-state index contributed by atoms with van der Waals surface area (Å²) in [6.07, 6.45) is 0.151. The van der Waals surface area contributed by atoms with Crippen molar-refractivity contribution in [1.82, 2.24) is 14.4 Å². The Balaban J connectivity index is 1.67. The van der Waals surface area contributed by atoms with Gasteiger partial charge in [0.25, 0.3) is 0 Å². The van der Waals surface area contributed by atoms with Crippen LogP contribution < -0.4 is 24.3 Å². The van der Waals surface area contributed by atoms with Crippen molar-refractivity contribution in [3.63, 3.8) is 0 Å². The second-order valence-corrected chi connectivity index (χ2v) is 6.72. The molecule has 11 heteroatoms. The van der Waals surface area contributed by atoms with Crippen LogP contribution in [0.1, 0.15) is 0 Å². The molecule has 0 aliphatic heterocycles. The number of rotatable bonds is 7. The minimum absolute atomic E-state index is 0.300. The SMILES string of the molecule is COc1cc(Nc2nccn3c(-c4ccc(OC(F)(F)F)cc4)cnc23)cc(OC)c1OC. The van der Waals surface area contributed by atoms with Gasteiger partial charge in [-0.25, -0.2) is 9.97 Å². The average Bonchev–Trinajstić information content (AvgIpc) is 3.23. The van der Waals surface area contributed by atoms with Gasteiger partial charge in [0.1, 0.15) is 5.75 Å². The van der Waals surface area contributed by atoms with Gasteiger partial charge in [-0.1, -0.05) is 0 Å². The fourth-order valence-electron chi connectivity index (χ4n) is 3.34. The van der Waals surface area contributed by atoms with Gasteiger partial charge in [0.05, 0.1) is 33.2 Å². The molecule has 0 aliphatic carbocycles. The molecule has 4 rings (SSSR count). The quantitative estimate of drug-likeness (QED) is 0.413. The van der Waals surface area contributed by atoms with Crippen molar-refractivity contribution in [2.24, 2.45) is 0 Å². The molecule has 1 N–H and O–H groups in total. The monoisotopic (exact) mass is 460 g/mol. The second-order valence-electron chi connectivity index (χ2n) is 6.72. The van der Waals surface area contributed by atoms with E-state index in [0.717, 1.165) is 0 Å². The third kappa shape index (κ3) is 4.56. The van der Waals surface area contributed by atoms with E-state index < -0.39 is 6.36 Å². The molecular weight excluding hydrogens is 441 g/mol. The molecule has 2 aromatic carbocycles. The Morgan fingerprint density at radius 3 is 2.15 bits per heavy atom. The highest BCUT2D eigenvalue weighted by atomic mass is 19.4. The van der Waals surface area contributed by atoms with E-state index in [1.807, 2.05) is 0 Å². The summed E-state index contributed by atoms with van der Waals surface area (Å²) in [5.41, 5.74) is 2.46. The van der Waals surface area contributed by atoms with Gasteiger partial charge >= 0.3 is 6.36 Å². The fraction of sp³-hybridized carbons (Fsp3) is 0.182. The van der Waals surface area contributed by atoms with Gasteiger partial charge in [0, 0.05) is 35.8 Å². The van der Waals surface area contributed by atoms with Crippen LogP contribution in [0.2, 0.25) is 0 Å². The third-order valence-corrected chi connectivity index (χ3v) is 4.74. The first kappa shape index (κ1) is 22.1. The maximum absolute atomic E-state index is 12.4. The Hall–Kier alpha value is -4.15. The fourth-order valence-corrected chi connectivity index (χ4v) is 3.34.